The Labute approximate surface area is 97.8 Å². The molecule has 4 nitrogen and oxygen atoms in total. The molecule has 0 aromatic heterocycles. The molecule has 0 bridgehead atoms. The van der Waals surface area contributed by atoms with Gasteiger partial charge >= 0.3 is 0 Å². The first-order valence-electron chi connectivity index (χ1n) is 6.31. The first kappa shape index (κ1) is 11.9. The lowest BCUT2D eigenvalue weighted by atomic mass is 9.89. The molecule has 0 spiro atoms. The van der Waals surface area contributed by atoms with Gasteiger partial charge in [0.25, 0.3) is 0 Å². The van der Waals surface area contributed by atoms with Gasteiger partial charge in [-0.15, -0.1) is 0 Å². The first-order chi connectivity index (χ1) is 7.62. The van der Waals surface area contributed by atoms with Crippen molar-refractivity contribution < 1.29 is 4.79 Å². The molecule has 2 N–H and O–H groups in total. The van der Waals surface area contributed by atoms with E-state index in [0.717, 1.165) is 38.6 Å². The molecule has 1 aliphatic carbocycles. The van der Waals surface area contributed by atoms with Gasteiger partial charge in [-0.05, 0) is 39.8 Å². The highest BCUT2D eigenvalue weighted by Gasteiger charge is 2.36. The van der Waals surface area contributed by atoms with Crippen molar-refractivity contribution in [2.45, 2.75) is 32.2 Å². The Morgan fingerprint density at radius 3 is 2.88 bits per heavy atom. The number of carbonyl (C=O) groups excluding carboxylic acids is 1. The molecular weight excluding hydrogens is 202 g/mol. The Morgan fingerprint density at radius 1 is 1.56 bits per heavy atom. The zero-order valence-corrected chi connectivity index (χ0v) is 10.4. The summed E-state index contributed by atoms with van der Waals surface area (Å²) in [5.74, 6) is 0.210. The number of hydrogen-bond acceptors (Lipinski definition) is 3. The lowest BCUT2D eigenvalue weighted by molar-refractivity contribution is -0.129. The summed E-state index contributed by atoms with van der Waals surface area (Å²) in [6, 6.07) is 0.778. The van der Waals surface area contributed by atoms with Crippen molar-refractivity contribution in [1.82, 2.24) is 15.5 Å². The van der Waals surface area contributed by atoms with Crippen LogP contribution in [0.2, 0.25) is 0 Å². The molecule has 1 heterocycles. The summed E-state index contributed by atoms with van der Waals surface area (Å²) in [6.45, 7) is 5.58. The molecule has 1 aliphatic heterocycles. The second-order valence-corrected chi connectivity index (χ2v) is 5.46. The number of carbonyl (C=O) groups is 1. The molecule has 0 aromatic rings. The molecule has 2 fully saturated rings. The van der Waals surface area contributed by atoms with Gasteiger partial charge in [-0.2, -0.15) is 0 Å². The van der Waals surface area contributed by atoms with Crippen molar-refractivity contribution in [2.24, 2.45) is 5.41 Å². The highest BCUT2D eigenvalue weighted by Crippen LogP contribution is 2.25. The third kappa shape index (κ3) is 2.74. The van der Waals surface area contributed by atoms with Crippen LogP contribution in [0.15, 0.2) is 0 Å². The molecule has 1 saturated heterocycles. The van der Waals surface area contributed by atoms with Crippen LogP contribution in [-0.2, 0) is 4.79 Å². The summed E-state index contributed by atoms with van der Waals surface area (Å²) in [6.07, 6.45) is 3.61. The van der Waals surface area contributed by atoms with Crippen LogP contribution < -0.4 is 10.6 Å². The fourth-order valence-corrected chi connectivity index (χ4v) is 2.27. The molecule has 92 valence electrons. The van der Waals surface area contributed by atoms with Crippen molar-refractivity contribution in [3.63, 3.8) is 0 Å². The van der Waals surface area contributed by atoms with E-state index in [9.17, 15) is 4.79 Å². The van der Waals surface area contributed by atoms with Crippen LogP contribution in [-0.4, -0.2) is 50.1 Å². The maximum Gasteiger partial charge on any atom is 0.227 e. The molecular formula is C12H23N3O. The Balaban J connectivity index is 1.66. The Morgan fingerprint density at radius 2 is 2.31 bits per heavy atom. The zero-order valence-electron chi connectivity index (χ0n) is 10.4. The first-order valence-corrected chi connectivity index (χ1v) is 6.31. The van der Waals surface area contributed by atoms with Crippen LogP contribution in [0.25, 0.3) is 0 Å². The Bertz CT molecular complexity index is 257. The van der Waals surface area contributed by atoms with Crippen molar-refractivity contribution in [2.75, 3.05) is 33.2 Å². The lowest BCUT2D eigenvalue weighted by Crippen LogP contribution is -2.43. The van der Waals surface area contributed by atoms with Crippen molar-refractivity contribution in [1.29, 1.82) is 0 Å². The molecule has 1 unspecified atom stereocenters. The quantitative estimate of drug-likeness (QED) is 0.702. The van der Waals surface area contributed by atoms with Gasteiger partial charge in [0, 0.05) is 25.7 Å². The highest BCUT2D eigenvalue weighted by molar-refractivity contribution is 5.82. The van der Waals surface area contributed by atoms with E-state index in [1.165, 1.54) is 12.8 Å². The minimum absolute atomic E-state index is 0.182. The lowest BCUT2D eigenvalue weighted by Gasteiger charge is -2.23. The van der Waals surface area contributed by atoms with Crippen LogP contribution >= 0.6 is 0 Å². The highest BCUT2D eigenvalue weighted by atomic mass is 16.2. The summed E-state index contributed by atoms with van der Waals surface area (Å²) in [4.78, 5) is 14.3. The molecule has 1 saturated carbocycles. The van der Waals surface area contributed by atoms with E-state index in [2.05, 4.69) is 22.6 Å². The van der Waals surface area contributed by atoms with Crippen molar-refractivity contribution >= 4 is 5.91 Å². The van der Waals surface area contributed by atoms with Crippen LogP contribution in [0.5, 0.6) is 0 Å². The maximum atomic E-state index is 12.0. The van der Waals surface area contributed by atoms with Gasteiger partial charge in [-0.1, -0.05) is 0 Å². The van der Waals surface area contributed by atoms with E-state index in [1.807, 2.05) is 6.92 Å². The third-order valence-corrected chi connectivity index (χ3v) is 3.84. The molecule has 4 heteroatoms. The predicted molar refractivity (Wildman–Crippen MR) is 64.3 cm³/mol. The SMILES string of the molecule is CN(CCNC(=O)C1(C)CCNC1)C1CC1. The summed E-state index contributed by atoms with van der Waals surface area (Å²) < 4.78 is 0. The van der Waals surface area contributed by atoms with Crippen LogP contribution in [0.1, 0.15) is 26.2 Å². The molecule has 0 aromatic carbocycles. The average Bonchev–Trinajstić information content (AvgIpc) is 3.01. The van der Waals surface area contributed by atoms with Gasteiger partial charge in [-0.3, -0.25) is 4.79 Å². The Hall–Kier alpha value is -0.610. The summed E-state index contributed by atoms with van der Waals surface area (Å²) in [5.41, 5.74) is -0.182. The minimum Gasteiger partial charge on any atom is -0.354 e. The molecule has 16 heavy (non-hydrogen) atoms. The fourth-order valence-electron chi connectivity index (χ4n) is 2.27. The van der Waals surface area contributed by atoms with Crippen LogP contribution in [0.3, 0.4) is 0 Å². The van der Waals surface area contributed by atoms with Gasteiger partial charge in [0.2, 0.25) is 5.91 Å². The van der Waals surface area contributed by atoms with Gasteiger partial charge < -0.3 is 15.5 Å². The number of nitrogens with one attached hydrogen (secondary N) is 2. The van der Waals surface area contributed by atoms with Gasteiger partial charge in [0.15, 0.2) is 0 Å². The Kier molecular flexibility index (Phi) is 3.50. The van der Waals surface area contributed by atoms with Crippen molar-refractivity contribution in [3.8, 4) is 0 Å². The second-order valence-electron chi connectivity index (χ2n) is 5.46. The summed E-state index contributed by atoms with van der Waals surface area (Å²) in [5, 5.41) is 6.31. The van der Waals surface area contributed by atoms with Crippen LogP contribution in [0.4, 0.5) is 0 Å². The molecule has 1 amide bonds. The zero-order chi connectivity index (χ0) is 11.6. The normalized spacial score (nSPS) is 29.7. The maximum absolute atomic E-state index is 12.0. The van der Waals surface area contributed by atoms with Gasteiger partial charge in [-0.25, -0.2) is 0 Å². The third-order valence-electron chi connectivity index (χ3n) is 3.84. The van der Waals surface area contributed by atoms with E-state index < -0.39 is 0 Å². The standard InChI is InChI=1S/C12H23N3O/c1-12(5-6-13-9-12)11(16)14-7-8-15(2)10-3-4-10/h10,13H,3-9H2,1-2H3,(H,14,16). The van der Waals surface area contributed by atoms with Gasteiger partial charge in [0.05, 0.1) is 5.41 Å². The van der Waals surface area contributed by atoms with E-state index in [-0.39, 0.29) is 11.3 Å². The van der Waals surface area contributed by atoms with Crippen molar-refractivity contribution in [3.05, 3.63) is 0 Å². The number of nitrogens with zero attached hydrogens (tertiary/aromatic N) is 1. The van der Waals surface area contributed by atoms with E-state index >= 15 is 0 Å². The topological polar surface area (TPSA) is 44.4 Å². The number of amides is 1. The van der Waals surface area contributed by atoms with E-state index in [1.54, 1.807) is 0 Å². The molecule has 2 rings (SSSR count). The van der Waals surface area contributed by atoms with E-state index in [4.69, 9.17) is 0 Å². The monoisotopic (exact) mass is 225 g/mol. The number of likely N-dealkylation sites (N-methyl/N-ethyl adjacent to an activating group) is 1. The molecule has 2 aliphatic rings. The minimum atomic E-state index is -0.182. The summed E-state index contributed by atoms with van der Waals surface area (Å²) >= 11 is 0. The summed E-state index contributed by atoms with van der Waals surface area (Å²) in [7, 11) is 2.14. The predicted octanol–water partition coefficient (Wildman–Crippen LogP) is 0.196. The van der Waals surface area contributed by atoms with E-state index in [0.29, 0.717) is 0 Å². The number of hydrogen-bond donors (Lipinski definition) is 2. The van der Waals surface area contributed by atoms with Crippen LogP contribution in [0, 0.1) is 5.41 Å². The number of rotatable bonds is 5. The largest absolute Gasteiger partial charge is 0.354 e. The fraction of sp³-hybridized carbons (Fsp3) is 0.917. The molecule has 0 radical (unpaired) electrons. The second kappa shape index (κ2) is 4.72. The average molecular weight is 225 g/mol. The van der Waals surface area contributed by atoms with Gasteiger partial charge in [0.1, 0.15) is 0 Å². The molecule has 1 atom stereocenters. The smallest absolute Gasteiger partial charge is 0.227 e.